The molecule has 8 heteroatoms. The Balaban J connectivity index is 1.64. The van der Waals surface area contributed by atoms with Crippen LogP contribution in [0.15, 0.2) is 58.8 Å². The summed E-state index contributed by atoms with van der Waals surface area (Å²) in [6.45, 7) is 0. The second kappa shape index (κ2) is 7.35. The molecule has 1 amide bonds. The minimum absolute atomic E-state index is 0.107. The summed E-state index contributed by atoms with van der Waals surface area (Å²) < 4.78 is 35.8. The van der Waals surface area contributed by atoms with Crippen LogP contribution in [-0.2, 0) is 21.1 Å². The number of rotatable bonds is 5. The molecule has 2 aromatic carbocycles. The van der Waals surface area contributed by atoms with Crippen molar-refractivity contribution in [1.29, 1.82) is 0 Å². The predicted molar refractivity (Wildman–Crippen MR) is 99.4 cm³/mol. The van der Waals surface area contributed by atoms with Gasteiger partial charge in [-0.1, -0.05) is 12.1 Å². The monoisotopic (exact) mass is 390 g/mol. The number of carbonyl (C=O) groups excluding carboxylic acids is 1. The largest absolute Gasteiger partial charge is 0.302 e. The van der Waals surface area contributed by atoms with E-state index in [0.717, 1.165) is 11.8 Å². The van der Waals surface area contributed by atoms with Gasteiger partial charge in [-0.25, -0.2) is 17.8 Å². The zero-order chi connectivity index (χ0) is 18.7. The Morgan fingerprint density at radius 2 is 1.77 bits per heavy atom. The van der Waals surface area contributed by atoms with Gasteiger partial charge in [0.25, 0.3) is 0 Å². The third-order valence-electron chi connectivity index (χ3n) is 3.61. The molecule has 0 aliphatic heterocycles. The number of nitrogens with one attached hydrogen (secondary N) is 1. The number of benzene rings is 2. The van der Waals surface area contributed by atoms with Gasteiger partial charge in [-0.15, -0.1) is 11.3 Å². The van der Waals surface area contributed by atoms with Gasteiger partial charge in [0, 0.05) is 17.2 Å². The van der Waals surface area contributed by atoms with Crippen molar-refractivity contribution < 1.29 is 17.6 Å². The second-order valence-corrected chi connectivity index (χ2v) is 8.56. The molecular weight excluding hydrogens is 375 g/mol. The molecule has 1 aromatic heterocycles. The number of amides is 1. The molecule has 1 heterocycles. The number of sulfone groups is 1. The lowest BCUT2D eigenvalue weighted by Gasteiger charge is -2.03. The van der Waals surface area contributed by atoms with E-state index in [0.29, 0.717) is 16.4 Å². The van der Waals surface area contributed by atoms with Crippen LogP contribution >= 0.6 is 11.3 Å². The van der Waals surface area contributed by atoms with Crippen LogP contribution in [0.25, 0.3) is 11.3 Å². The smallest absolute Gasteiger partial charge is 0.230 e. The van der Waals surface area contributed by atoms with Crippen molar-refractivity contribution in [1.82, 2.24) is 4.98 Å². The quantitative estimate of drug-likeness (QED) is 0.723. The van der Waals surface area contributed by atoms with E-state index in [2.05, 4.69) is 10.3 Å². The maximum absolute atomic E-state index is 13.0. The fourth-order valence-corrected chi connectivity index (χ4v) is 3.65. The van der Waals surface area contributed by atoms with Gasteiger partial charge < -0.3 is 5.32 Å². The molecule has 0 atom stereocenters. The third-order valence-corrected chi connectivity index (χ3v) is 5.49. The first-order valence-corrected chi connectivity index (χ1v) is 10.4. The van der Waals surface area contributed by atoms with Crippen molar-refractivity contribution in [2.75, 3.05) is 11.6 Å². The fourth-order valence-electron chi connectivity index (χ4n) is 2.29. The summed E-state index contributed by atoms with van der Waals surface area (Å²) in [6.07, 6.45) is 1.24. The summed E-state index contributed by atoms with van der Waals surface area (Å²) in [5.41, 5.74) is 2.12. The molecule has 0 aliphatic rings. The van der Waals surface area contributed by atoms with E-state index in [-0.39, 0.29) is 23.0 Å². The van der Waals surface area contributed by atoms with Crippen LogP contribution in [0.5, 0.6) is 0 Å². The number of halogens is 1. The minimum atomic E-state index is -3.26. The van der Waals surface area contributed by atoms with E-state index >= 15 is 0 Å². The zero-order valence-corrected chi connectivity index (χ0v) is 15.4. The number of hydrogen-bond donors (Lipinski definition) is 1. The number of hydrogen-bond acceptors (Lipinski definition) is 5. The first-order valence-electron chi connectivity index (χ1n) is 7.61. The number of carbonyl (C=O) groups is 1. The van der Waals surface area contributed by atoms with E-state index in [1.165, 1.54) is 35.6 Å². The summed E-state index contributed by atoms with van der Waals surface area (Å²) in [4.78, 5) is 16.7. The molecule has 1 N–H and O–H groups in total. The first-order chi connectivity index (χ1) is 12.3. The third kappa shape index (κ3) is 4.53. The Morgan fingerprint density at radius 3 is 2.38 bits per heavy atom. The Labute approximate surface area is 154 Å². The molecule has 0 saturated carbocycles. The molecule has 0 radical (unpaired) electrons. The van der Waals surface area contributed by atoms with E-state index in [1.54, 1.807) is 29.6 Å². The van der Waals surface area contributed by atoms with Gasteiger partial charge in [0.15, 0.2) is 15.0 Å². The highest BCUT2D eigenvalue weighted by molar-refractivity contribution is 7.90. The van der Waals surface area contributed by atoms with Crippen LogP contribution in [0, 0.1) is 5.82 Å². The van der Waals surface area contributed by atoms with E-state index in [1.807, 2.05) is 0 Å². The molecule has 0 bridgehead atoms. The molecule has 0 aliphatic carbocycles. The Bertz CT molecular complexity index is 1030. The highest BCUT2D eigenvalue weighted by Crippen LogP contribution is 2.25. The van der Waals surface area contributed by atoms with Crippen molar-refractivity contribution >= 4 is 32.2 Å². The molecular formula is C18H15FN2O3S2. The van der Waals surface area contributed by atoms with Gasteiger partial charge in [0.2, 0.25) is 5.91 Å². The SMILES string of the molecule is CS(=O)(=O)c1ccc(CC(=O)Nc2nc(-c3ccc(F)cc3)cs2)cc1. The standard InChI is InChI=1S/C18H15FN2O3S2/c1-26(23,24)15-8-2-12(3-9-15)10-17(22)21-18-20-16(11-25-18)13-4-6-14(19)7-5-13/h2-9,11H,10H2,1H3,(H,20,21,22). The number of nitrogens with zero attached hydrogens (tertiary/aromatic N) is 1. The van der Waals surface area contributed by atoms with Gasteiger partial charge in [0.05, 0.1) is 17.0 Å². The van der Waals surface area contributed by atoms with Gasteiger partial charge in [-0.2, -0.15) is 0 Å². The highest BCUT2D eigenvalue weighted by Gasteiger charge is 2.11. The molecule has 0 fully saturated rings. The first kappa shape index (κ1) is 18.2. The summed E-state index contributed by atoms with van der Waals surface area (Å²) >= 11 is 1.28. The minimum Gasteiger partial charge on any atom is -0.302 e. The van der Waals surface area contributed by atoms with Crippen molar-refractivity contribution in [3.63, 3.8) is 0 Å². The second-order valence-electron chi connectivity index (χ2n) is 5.69. The molecule has 3 rings (SSSR count). The van der Waals surface area contributed by atoms with Gasteiger partial charge >= 0.3 is 0 Å². The van der Waals surface area contributed by atoms with Crippen LogP contribution in [0.3, 0.4) is 0 Å². The van der Waals surface area contributed by atoms with Gasteiger partial charge in [0.1, 0.15) is 5.82 Å². The highest BCUT2D eigenvalue weighted by atomic mass is 32.2. The molecule has 134 valence electrons. The molecule has 26 heavy (non-hydrogen) atoms. The molecule has 5 nitrogen and oxygen atoms in total. The van der Waals surface area contributed by atoms with Gasteiger partial charge in [-0.3, -0.25) is 4.79 Å². The lowest BCUT2D eigenvalue weighted by atomic mass is 10.1. The summed E-state index contributed by atoms with van der Waals surface area (Å²) in [6, 6.07) is 12.1. The lowest BCUT2D eigenvalue weighted by Crippen LogP contribution is -2.14. The summed E-state index contributed by atoms with van der Waals surface area (Å²) in [5.74, 6) is -0.573. The lowest BCUT2D eigenvalue weighted by molar-refractivity contribution is -0.115. The fraction of sp³-hybridized carbons (Fsp3) is 0.111. The predicted octanol–water partition coefficient (Wildman–Crippen LogP) is 3.53. The number of anilines is 1. The molecule has 0 saturated heterocycles. The van der Waals surface area contributed by atoms with Crippen LogP contribution < -0.4 is 5.32 Å². The van der Waals surface area contributed by atoms with Crippen LogP contribution in [0.4, 0.5) is 9.52 Å². The summed E-state index contributed by atoms with van der Waals surface area (Å²) in [5, 5.41) is 4.94. The van der Waals surface area contributed by atoms with E-state index in [9.17, 15) is 17.6 Å². The van der Waals surface area contributed by atoms with Crippen molar-refractivity contribution in [2.45, 2.75) is 11.3 Å². The van der Waals surface area contributed by atoms with Crippen molar-refractivity contribution in [3.05, 3.63) is 65.3 Å². The van der Waals surface area contributed by atoms with Crippen LogP contribution in [-0.4, -0.2) is 25.6 Å². The Morgan fingerprint density at radius 1 is 1.12 bits per heavy atom. The normalized spacial score (nSPS) is 11.3. The molecule has 0 spiro atoms. The molecule has 3 aromatic rings. The van der Waals surface area contributed by atoms with Crippen LogP contribution in [0.2, 0.25) is 0 Å². The Hall–Kier alpha value is -2.58. The van der Waals surface area contributed by atoms with Gasteiger partial charge in [-0.05, 0) is 42.0 Å². The molecule has 0 unspecified atom stereocenters. The average molecular weight is 390 g/mol. The number of aromatic nitrogens is 1. The zero-order valence-electron chi connectivity index (χ0n) is 13.8. The van der Waals surface area contributed by atoms with Crippen molar-refractivity contribution in [3.8, 4) is 11.3 Å². The maximum Gasteiger partial charge on any atom is 0.230 e. The average Bonchev–Trinajstić information content (AvgIpc) is 3.03. The Kier molecular flexibility index (Phi) is 5.15. The maximum atomic E-state index is 13.0. The van der Waals surface area contributed by atoms with Crippen molar-refractivity contribution in [2.24, 2.45) is 0 Å². The van der Waals surface area contributed by atoms with Crippen LogP contribution in [0.1, 0.15) is 5.56 Å². The van der Waals surface area contributed by atoms with E-state index in [4.69, 9.17) is 0 Å². The van der Waals surface area contributed by atoms with E-state index < -0.39 is 9.84 Å². The number of thiazole rings is 1. The summed E-state index contributed by atoms with van der Waals surface area (Å²) in [7, 11) is -3.26. The topological polar surface area (TPSA) is 76.1 Å².